The van der Waals surface area contributed by atoms with E-state index in [1.165, 1.54) is 11.1 Å². The Bertz CT molecular complexity index is 521. The van der Waals surface area contributed by atoms with Gasteiger partial charge in [-0.3, -0.25) is 4.98 Å². The van der Waals surface area contributed by atoms with Gasteiger partial charge in [-0.15, -0.1) is 0 Å². The van der Waals surface area contributed by atoms with E-state index in [-0.39, 0.29) is 0 Å². The van der Waals surface area contributed by atoms with Gasteiger partial charge in [-0.1, -0.05) is 24.3 Å². The summed E-state index contributed by atoms with van der Waals surface area (Å²) in [5, 5.41) is 3.45. The SMILES string of the molecule is Cc1ccccc1CNc1cnccc1N(C)C. The van der Waals surface area contributed by atoms with Crippen LogP contribution in [0.3, 0.4) is 0 Å². The first-order valence-electron chi connectivity index (χ1n) is 6.08. The molecule has 0 atom stereocenters. The maximum Gasteiger partial charge on any atom is 0.0766 e. The van der Waals surface area contributed by atoms with E-state index in [1.54, 1.807) is 0 Å². The Morgan fingerprint density at radius 3 is 2.67 bits per heavy atom. The van der Waals surface area contributed by atoms with E-state index in [0.29, 0.717) is 0 Å². The van der Waals surface area contributed by atoms with Gasteiger partial charge in [0.15, 0.2) is 0 Å². The first-order chi connectivity index (χ1) is 8.68. The Hall–Kier alpha value is -2.03. The Balaban J connectivity index is 2.14. The van der Waals surface area contributed by atoms with Crippen molar-refractivity contribution in [2.75, 3.05) is 24.3 Å². The monoisotopic (exact) mass is 241 g/mol. The molecule has 0 amide bonds. The van der Waals surface area contributed by atoms with Crippen molar-refractivity contribution in [1.82, 2.24) is 4.98 Å². The fourth-order valence-electron chi connectivity index (χ4n) is 1.91. The zero-order valence-electron chi connectivity index (χ0n) is 11.1. The lowest BCUT2D eigenvalue weighted by atomic mass is 10.1. The van der Waals surface area contributed by atoms with Crippen LogP contribution in [0.2, 0.25) is 0 Å². The molecule has 0 unspecified atom stereocenters. The highest BCUT2D eigenvalue weighted by molar-refractivity contribution is 5.68. The molecule has 0 aliphatic rings. The van der Waals surface area contributed by atoms with E-state index in [4.69, 9.17) is 0 Å². The summed E-state index contributed by atoms with van der Waals surface area (Å²) in [7, 11) is 4.07. The van der Waals surface area contributed by atoms with Crippen LogP contribution in [0.5, 0.6) is 0 Å². The predicted octanol–water partition coefficient (Wildman–Crippen LogP) is 3.07. The van der Waals surface area contributed by atoms with Gasteiger partial charge in [0.05, 0.1) is 17.6 Å². The maximum atomic E-state index is 4.17. The second kappa shape index (κ2) is 5.54. The van der Waals surface area contributed by atoms with E-state index < -0.39 is 0 Å². The fourth-order valence-corrected chi connectivity index (χ4v) is 1.91. The molecule has 0 fully saturated rings. The van der Waals surface area contributed by atoms with Crippen molar-refractivity contribution in [3.05, 3.63) is 53.9 Å². The number of benzene rings is 1. The van der Waals surface area contributed by atoms with Crippen LogP contribution in [-0.4, -0.2) is 19.1 Å². The second-order valence-corrected chi connectivity index (χ2v) is 4.57. The van der Waals surface area contributed by atoms with Crippen molar-refractivity contribution in [1.29, 1.82) is 0 Å². The average Bonchev–Trinajstić information content (AvgIpc) is 2.38. The Morgan fingerprint density at radius 1 is 1.17 bits per heavy atom. The topological polar surface area (TPSA) is 28.2 Å². The Morgan fingerprint density at radius 2 is 1.94 bits per heavy atom. The van der Waals surface area contributed by atoms with Crippen LogP contribution in [-0.2, 0) is 6.54 Å². The third kappa shape index (κ3) is 2.80. The van der Waals surface area contributed by atoms with Crippen LogP contribution in [0.4, 0.5) is 11.4 Å². The van der Waals surface area contributed by atoms with Crippen LogP contribution in [0.25, 0.3) is 0 Å². The zero-order valence-corrected chi connectivity index (χ0v) is 11.1. The van der Waals surface area contributed by atoms with Gasteiger partial charge >= 0.3 is 0 Å². The average molecular weight is 241 g/mol. The molecule has 0 bridgehead atoms. The number of hydrogen-bond donors (Lipinski definition) is 1. The minimum atomic E-state index is 0.819. The molecule has 94 valence electrons. The molecule has 0 saturated carbocycles. The van der Waals surface area contributed by atoms with Gasteiger partial charge in [-0.2, -0.15) is 0 Å². The van der Waals surface area contributed by atoms with Crippen molar-refractivity contribution >= 4 is 11.4 Å². The van der Waals surface area contributed by atoms with E-state index >= 15 is 0 Å². The minimum Gasteiger partial charge on any atom is -0.378 e. The molecular formula is C15H19N3. The van der Waals surface area contributed by atoms with Crippen molar-refractivity contribution in [3.63, 3.8) is 0 Å². The maximum absolute atomic E-state index is 4.17. The van der Waals surface area contributed by atoms with E-state index in [1.807, 2.05) is 32.6 Å². The lowest BCUT2D eigenvalue weighted by Crippen LogP contribution is -2.12. The van der Waals surface area contributed by atoms with Gasteiger partial charge in [0.25, 0.3) is 0 Å². The summed E-state index contributed by atoms with van der Waals surface area (Å²) >= 11 is 0. The number of nitrogens with one attached hydrogen (secondary N) is 1. The van der Waals surface area contributed by atoms with Crippen LogP contribution < -0.4 is 10.2 Å². The Kier molecular flexibility index (Phi) is 3.82. The number of aryl methyl sites for hydroxylation is 1. The molecule has 3 heteroatoms. The molecule has 0 aliphatic heterocycles. The molecule has 1 heterocycles. The van der Waals surface area contributed by atoms with Gasteiger partial charge in [-0.25, -0.2) is 0 Å². The number of hydrogen-bond acceptors (Lipinski definition) is 3. The van der Waals surface area contributed by atoms with Crippen LogP contribution in [0.15, 0.2) is 42.7 Å². The summed E-state index contributed by atoms with van der Waals surface area (Å²) in [4.78, 5) is 6.26. The first-order valence-corrected chi connectivity index (χ1v) is 6.08. The van der Waals surface area contributed by atoms with Gasteiger partial charge < -0.3 is 10.2 Å². The molecule has 2 aromatic rings. The first kappa shape index (κ1) is 12.4. The van der Waals surface area contributed by atoms with Crippen LogP contribution in [0, 0.1) is 6.92 Å². The third-order valence-electron chi connectivity index (χ3n) is 3.01. The summed E-state index contributed by atoms with van der Waals surface area (Å²) in [5.41, 5.74) is 4.83. The lowest BCUT2D eigenvalue weighted by Gasteiger charge is -2.18. The largest absolute Gasteiger partial charge is 0.378 e. The molecule has 18 heavy (non-hydrogen) atoms. The standard InChI is InChI=1S/C15H19N3/c1-12-6-4-5-7-13(12)10-17-14-11-16-9-8-15(14)18(2)3/h4-9,11,17H,10H2,1-3H3. The molecule has 1 aromatic carbocycles. The van der Waals surface area contributed by atoms with Gasteiger partial charge in [0.1, 0.15) is 0 Å². The molecule has 0 saturated heterocycles. The van der Waals surface area contributed by atoms with Crippen molar-refractivity contribution < 1.29 is 0 Å². The smallest absolute Gasteiger partial charge is 0.0766 e. The molecule has 1 N–H and O–H groups in total. The normalized spacial score (nSPS) is 10.2. The zero-order chi connectivity index (χ0) is 13.0. The summed E-state index contributed by atoms with van der Waals surface area (Å²) in [6, 6.07) is 10.4. The van der Waals surface area contributed by atoms with Crippen LogP contribution in [0.1, 0.15) is 11.1 Å². The molecule has 0 spiro atoms. The molecule has 0 radical (unpaired) electrons. The number of aromatic nitrogens is 1. The molecule has 2 rings (SSSR count). The second-order valence-electron chi connectivity index (χ2n) is 4.57. The molecule has 3 nitrogen and oxygen atoms in total. The highest BCUT2D eigenvalue weighted by Gasteiger charge is 2.04. The molecular weight excluding hydrogens is 222 g/mol. The lowest BCUT2D eigenvalue weighted by molar-refractivity contribution is 1.08. The fraction of sp³-hybridized carbons (Fsp3) is 0.267. The van der Waals surface area contributed by atoms with E-state index in [2.05, 4.69) is 46.4 Å². The minimum absolute atomic E-state index is 0.819. The number of anilines is 2. The van der Waals surface area contributed by atoms with Crippen LogP contribution >= 0.6 is 0 Å². The van der Waals surface area contributed by atoms with Gasteiger partial charge in [-0.05, 0) is 24.1 Å². The van der Waals surface area contributed by atoms with Gasteiger partial charge in [0, 0.05) is 26.8 Å². The Labute approximate surface area is 108 Å². The molecule has 0 aliphatic carbocycles. The van der Waals surface area contributed by atoms with Crippen molar-refractivity contribution in [3.8, 4) is 0 Å². The summed E-state index contributed by atoms with van der Waals surface area (Å²) in [6.07, 6.45) is 3.68. The summed E-state index contributed by atoms with van der Waals surface area (Å²) in [6.45, 7) is 2.95. The molecule has 1 aromatic heterocycles. The highest BCUT2D eigenvalue weighted by atomic mass is 15.1. The number of nitrogens with zero attached hydrogens (tertiary/aromatic N) is 2. The highest BCUT2D eigenvalue weighted by Crippen LogP contribution is 2.23. The number of rotatable bonds is 4. The quantitative estimate of drug-likeness (QED) is 0.891. The predicted molar refractivity (Wildman–Crippen MR) is 77.1 cm³/mol. The van der Waals surface area contributed by atoms with E-state index in [0.717, 1.165) is 17.9 Å². The number of pyridine rings is 1. The van der Waals surface area contributed by atoms with Crippen molar-refractivity contribution in [2.45, 2.75) is 13.5 Å². The van der Waals surface area contributed by atoms with Crippen molar-refractivity contribution in [2.24, 2.45) is 0 Å². The third-order valence-corrected chi connectivity index (χ3v) is 3.01. The summed E-state index contributed by atoms with van der Waals surface area (Å²) in [5.74, 6) is 0. The van der Waals surface area contributed by atoms with E-state index in [9.17, 15) is 0 Å². The summed E-state index contributed by atoms with van der Waals surface area (Å²) < 4.78 is 0. The van der Waals surface area contributed by atoms with Gasteiger partial charge in [0.2, 0.25) is 0 Å².